The van der Waals surface area contributed by atoms with Gasteiger partial charge in [0.25, 0.3) is 0 Å². The Morgan fingerprint density at radius 1 is 1.16 bits per heavy atom. The maximum atomic E-state index is 12.2. The van der Waals surface area contributed by atoms with E-state index in [-0.39, 0.29) is 18.4 Å². The zero-order valence-corrected chi connectivity index (χ0v) is 13.6. The van der Waals surface area contributed by atoms with Crippen molar-refractivity contribution in [1.82, 2.24) is 9.88 Å². The number of nitrogens with one attached hydrogen (secondary N) is 1. The van der Waals surface area contributed by atoms with E-state index in [1.54, 1.807) is 18.2 Å². The SMILES string of the molecule is O=C(Cn1c(=O)oc2ccccc21)NC[C@@H]1COc2ccccc2C1. The van der Waals surface area contributed by atoms with E-state index in [2.05, 4.69) is 5.32 Å². The first kappa shape index (κ1) is 15.5. The van der Waals surface area contributed by atoms with Gasteiger partial charge in [-0.25, -0.2) is 4.79 Å². The number of ether oxygens (including phenoxy) is 1. The zero-order chi connectivity index (χ0) is 17.2. The Kier molecular flexibility index (Phi) is 4.01. The van der Waals surface area contributed by atoms with Gasteiger partial charge in [-0.2, -0.15) is 0 Å². The number of carbonyl (C=O) groups is 1. The molecule has 0 fully saturated rings. The van der Waals surface area contributed by atoms with Crippen molar-refractivity contribution in [3.05, 3.63) is 64.6 Å². The molecule has 0 bridgehead atoms. The first-order chi connectivity index (χ1) is 12.2. The van der Waals surface area contributed by atoms with Crippen LogP contribution in [0.1, 0.15) is 5.56 Å². The summed E-state index contributed by atoms with van der Waals surface area (Å²) in [6.45, 7) is 1.03. The maximum Gasteiger partial charge on any atom is 0.420 e. The van der Waals surface area contributed by atoms with Gasteiger partial charge in [0.15, 0.2) is 5.58 Å². The molecule has 3 aromatic rings. The first-order valence-corrected chi connectivity index (χ1v) is 8.26. The predicted octanol–water partition coefficient (Wildman–Crippen LogP) is 1.96. The summed E-state index contributed by atoms with van der Waals surface area (Å²) in [6, 6.07) is 15.0. The maximum absolute atomic E-state index is 12.2. The van der Waals surface area contributed by atoms with Crippen molar-refractivity contribution in [2.75, 3.05) is 13.2 Å². The highest BCUT2D eigenvalue weighted by Crippen LogP contribution is 2.26. The van der Waals surface area contributed by atoms with Crippen molar-refractivity contribution in [2.45, 2.75) is 13.0 Å². The van der Waals surface area contributed by atoms with Crippen LogP contribution in [0.3, 0.4) is 0 Å². The number of para-hydroxylation sites is 3. The van der Waals surface area contributed by atoms with Crippen LogP contribution in [0.2, 0.25) is 0 Å². The number of amides is 1. The van der Waals surface area contributed by atoms with Gasteiger partial charge in [-0.15, -0.1) is 0 Å². The molecule has 0 saturated heterocycles. The summed E-state index contributed by atoms with van der Waals surface area (Å²) in [6.07, 6.45) is 0.866. The van der Waals surface area contributed by atoms with Gasteiger partial charge in [-0.3, -0.25) is 9.36 Å². The van der Waals surface area contributed by atoms with Gasteiger partial charge in [0.2, 0.25) is 5.91 Å². The van der Waals surface area contributed by atoms with Crippen LogP contribution in [0.15, 0.2) is 57.7 Å². The molecule has 6 heteroatoms. The molecule has 0 spiro atoms. The van der Waals surface area contributed by atoms with Crippen LogP contribution in [0, 0.1) is 5.92 Å². The smallest absolute Gasteiger partial charge is 0.420 e. The lowest BCUT2D eigenvalue weighted by Gasteiger charge is -2.25. The second kappa shape index (κ2) is 6.47. The largest absolute Gasteiger partial charge is 0.493 e. The number of rotatable bonds is 4. The predicted molar refractivity (Wildman–Crippen MR) is 92.6 cm³/mol. The molecule has 128 valence electrons. The third-order valence-electron chi connectivity index (χ3n) is 4.42. The minimum absolute atomic E-state index is 0.0555. The molecular formula is C19H18N2O4. The lowest BCUT2D eigenvalue weighted by Crippen LogP contribution is -2.37. The van der Waals surface area contributed by atoms with E-state index >= 15 is 0 Å². The van der Waals surface area contributed by atoms with Crippen molar-refractivity contribution in [3.63, 3.8) is 0 Å². The molecule has 2 aromatic carbocycles. The Morgan fingerprint density at radius 2 is 1.96 bits per heavy atom. The van der Waals surface area contributed by atoms with Crippen LogP contribution < -0.4 is 15.8 Å². The molecule has 1 aromatic heterocycles. The van der Waals surface area contributed by atoms with Crippen LogP contribution in [0.5, 0.6) is 5.75 Å². The number of aromatic nitrogens is 1. The lowest BCUT2D eigenvalue weighted by atomic mass is 9.97. The summed E-state index contributed by atoms with van der Waals surface area (Å²) < 4.78 is 12.2. The summed E-state index contributed by atoms with van der Waals surface area (Å²) in [4.78, 5) is 24.2. The molecule has 1 aliphatic rings. The average molecular weight is 338 g/mol. The normalized spacial score (nSPS) is 16.2. The summed E-state index contributed by atoms with van der Waals surface area (Å²) >= 11 is 0. The first-order valence-electron chi connectivity index (χ1n) is 8.26. The molecule has 1 amide bonds. The van der Waals surface area contributed by atoms with Gasteiger partial charge in [0, 0.05) is 12.5 Å². The summed E-state index contributed by atoms with van der Waals surface area (Å²) in [5.41, 5.74) is 2.26. The van der Waals surface area contributed by atoms with Gasteiger partial charge >= 0.3 is 5.76 Å². The highest BCUT2D eigenvalue weighted by Gasteiger charge is 2.20. The number of benzene rings is 2. The Bertz CT molecular complexity index is 973. The fourth-order valence-electron chi connectivity index (χ4n) is 3.14. The standard InChI is InChI=1S/C19H18N2O4/c22-18(11-21-15-6-2-4-8-17(15)25-19(21)23)20-10-13-9-14-5-1-3-7-16(14)24-12-13/h1-8,13H,9-12H2,(H,20,22)/t13-/m1/s1. The third-order valence-corrected chi connectivity index (χ3v) is 4.42. The van der Waals surface area contributed by atoms with E-state index in [0.717, 1.165) is 17.7 Å². The van der Waals surface area contributed by atoms with Crippen LogP contribution >= 0.6 is 0 Å². The molecule has 6 nitrogen and oxygen atoms in total. The van der Waals surface area contributed by atoms with E-state index in [4.69, 9.17) is 9.15 Å². The van der Waals surface area contributed by atoms with Gasteiger partial charge in [-0.1, -0.05) is 30.3 Å². The Labute approximate surface area is 144 Å². The van der Waals surface area contributed by atoms with E-state index < -0.39 is 5.76 Å². The highest BCUT2D eigenvalue weighted by molar-refractivity contribution is 5.79. The highest BCUT2D eigenvalue weighted by atomic mass is 16.5. The Hall–Kier alpha value is -3.02. The van der Waals surface area contributed by atoms with Gasteiger partial charge in [-0.05, 0) is 30.2 Å². The molecule has 0 saturated carbocycles. The molecule has 4 rings (SSSR count). The van der Waals surface area contributed by atoms with E-state index in [1.165, 1.54) is 4.57 Å². The third kappa shape index (κ3) is 3.15. The molecule has 0 aliphatic carbocycles. The molecule has 0 radical (unpaired) electrons. The van der Waals surface area contributed by atoms with Crippen molar-refractivity contribution in [1.29, 1.82) is 0 Å². The second-order valence-corrected chi connectivity index (χ2v) is 6.21. The van der Waals surface area contributed by atoms with E-state index in [0.29, 0.717) is 24.3 Å². The number of nitrogens with zero attached hydrogens (tertiary/aromatic N) is 1. The minimum atomic E-state index is -0.522. The summed E-state index contributed by atoms with van der Waals surface area (Å²) in [7, 11) is 0. The summed E-state index contributed by atoms with van der Waals surface area (Å²) in [5.74, 6) is 0.400. The molecule has 25 heavy (non-hydrogen) atoms. The fraction of sp³-hybridized carbons (Fsp3) is 0.263. The number of carbonyl (C=O) groups excluding carboxylic acids is 1. The zero-order valence-electron chi connectivity index (χ0n) is 13.6. The molecular weight excluding hydrogens is 320 g/mol. The monoisotopic (exact) mass is 338 g/mol. The van der Waals surface area contributed by atoms with Gasteiger partial charge < -0.3 is 14.5 Å². The quantitative estimate of drug-likeness (QED) is 0.789. The Morgan fingerprint density at radius 3 is 2.88 bits per heavy atom. The molecule has 1 N–H and O–H groups in total. The average Bonchev–Trinajstić information content (AvgIpc) is 2.95. The molecule has 1 aliphatic heterocycles. The van der Waals surface area contributed by atoms with Crippen LogP contribution in [-0.4, -0.2) is 23.6 Å². The van der Waals surface area contributed by atoms with Crippen LogP contribution in [0.25, 0.3) is 11.1 Å². The minimum Gasteiger partial charge on any atom is -0.493 e. The van der Waals surface area contributed by atoms with Crippen LogP contribution in [0.4, 0.5) is 0 Å². The number of hydrogen-bond donors (Lipinski definition) is 1. The summed E-state index contributed by atoms with van der Waals surface area (Å²) in [5, 5.41) is 2.89. The van der Waals surface area contributed by atoms with Crippen molar-refractivity contribution in [3.8, 4) is 5.75 Å². The number of fused-ring (bicyclic) bond motifs is 2. The van der Waals surface area contributed by atoms with E-state index in [9.17, 15) is 9.59 Å². The molecule has 1 atom stereocenters. The van der Waals surface area contributed by atoms with Crippen molar-refractivity contribution < 1.29 is 13.9 Å². The fourth-order valence-corrected chi connectivity index (χ4v) is 3.14. The van der Waals surface area contributed by atoms with Gasteiger partial charge in [0.1, 0.15) is 12.3 Å². The lowest BCUT2D eigenvalue weighted by molar-refractivity contribution is -0.121. The van der Waals surface area contributed by atoms with Crippen molar-refractivity contribution in [2.24, 2.45) is 5.92 Å². The van der Waals surface area contributed by atoms with Gasteiger partial charge in [0.05, 0.1) is 12.1 Å². The Balaban J connectivity index is 1.38. The van der Waals surface area contributed by atoms with Crippen molar-refractivity contribution >= 4 is 17.0 Å². The topological polar surface area (TPSA) is 73.5 Å². The number of hydrogen-bond acceptors (Lipinski definition) is 4. The van der Waals surface area contributed by atoms with E-state index in [1.807, 2.05) is 30.3 Å². The molecule has 2 heterocycles. The van der Waals surface area contributed by atoms with Crippen LogP contribution in [-0.2, 0) is 17.8 Å². The molecule has 0 unspecified atom stereocenters. The second-order valence-electron chi connectivity index (χ2n) is 6.21. The number of oxazole rings is 1.